The predicted molar refractivity (Wildman–Crippen MR) is 148 cm³/mol. The molecule has 0 atom stereocenters. The van der Waals surface area contributed by atoms with E-state index in [0.717, 1.165) is 24.3 Å². The SMILES string of the molecule is CCN(CC)S(=O)(=O)c1ccc(N2CCN(C(=O)c3ccccc3C(=O)c3ccc(F)c(F)c3)CC2)c([N+](=O)[O-])c1. The van der Waals surface area contributed by atoms with E-state index in [1.165, 1.54) is 33.5 Å². The van der Waals surface area contributed by atoms with Crippen molar-refractivity contribution in [3.8, 4) is 0 Å². The number of rotatable bonds is 9. The maximum atomic E-state index is 13.7. The number of amides is 1. The van der Waals surface area contributed by atoms with Crippen molar-refractivity contribution in [2.75, 3.05) is 44.2 Å². The number of hydrogen-bond donors (Lipinski definition) is 0. The fourth-order valence-corrected chi connectivity index (χ4v) is 6.25. The lowest BCUT2D eigenvalue weighted by Crippen LogP contribution is -2.49. The number of ketones is 1. The monoisotopic (exact) mass is 586 g/mol. The van der Waals surface area contributed by atoms with Crippen molar-refractivity contribution in [2.24, 2.45) is 0 Å². The van der Waals surface area contributed by atoms with Crippen LogP contribution in [-0.2, 0) is 10.0 Å². The zero-order chi connectivity index (χ0) is 29.9. The van der Waals surface area contributed by atoms with Crippen molar-refractivity contribution in [2.45, 2.75) is 18.7 Å². The Labute approximate surface area is 236 Å². The summed E-state index contributed by atoms with van der Waals surface area (Å²) < 4.78 is 54.1. The molecule has 4 rings (SSSR count). The largest absolute Gasteiger partial charge is 0.362 e. The van der Waals surface area contributed by atoms with Gasteiger partial charge >= 0.3 is 0 Å². The van der Waals surface area contributed by atoms with Crippen LogP contribution in [0.3, 0.4) is 0 Å². The summed E-state index contributed by atoms with van der Waals surface area (Å²) in [7, 11) is -3.90. The highest BCUT2D eigenvalue weighted by Crippen LogP contribution is 2.33. The van der Waals surface area contributed by atoms with Gasteiger partial charge in [0.25, 0.3) is 11.6 Å². The molecule has 0 N–H and O–H groups in total. The molecule has 0 radical (unpaired) electrons. The van der Waals surface area contributed by atoms with E-state index in [1.807, 2.05) is 0 Å². The minimum absolute atomic E-state index is 0.0339. The first-order chi connectivity index (χ1) is 19.5. The molecular weight excluding hydrogens is 558 g/mol. The molecule has 0 unspecified atom stereocenters. The first-order valence-corrected chi connectivity index (χ1v) is 14.3. The summed E-state index contributed by atoms with van der Waals surface area (Å²) in [5, 5.41) is 11.9. The van der Waals surface area contributed by atoms with E-state index in [4.69, 9.17) is 0 Å². The van der Waals surface area contributed by atoms with Crippen LogP contribution in [-0.4, -0.2) is 73.5 Å². The van der Waals surface area contributed by atoms with Gasteiger partial charge in [-0.15, -0.1) is 0 Å². The van der Waals surface area contributed by atoms with Gasteiger partial charge in [-0.2, -0.15) is 4.31 Å². The van der Waals surface area contributed by atoms with Crippen molar-refractivity contribution < 1.29 is 31.7 Å². The molecule has 13 heteroatoms. The summed E-state index contributed by atoms with van der Waals surface area (Å²) in [4.78, 5) is 40.8. The molecule has 216 valence electrons. The Hall–Kier alpha value is -4.23. The smallest absolute Gasteiger partial charge is 0.293 e. The van der Waals surface area contributed by atoms with Gasteiger partial charge in [-0.1, -0.05) is 32.0 Å². The Morgan fingerprint density at radius 3 is 2.12 bits per heavy atom. The van der Waals surface area contributed by atoms with Gasteiger partial charge < -0.3 is 9.80 Å². The van der Waals surface area contributed by atoms with E-state index in [9.17, 15) is 36.9 Å². The quantitative estimate of drug-likeness (QED) is 0.210. The molecule has 1 amide bonds. The molecule has 3 aromatic carbocycles. The molecule has 41 heavy (non-hydrogen) atoms. The van der Waals surface area contributed by atoms with Crippen LogP contribution in [0.4, 0.5) is 20.2 Å². The summed E-state index contributed by atoms with van der Waals surface area (Å²) in [6, 6.07) is 12.6. The summed E-state index contributed by atoms with van der Waals surface area (Å²) in [6.07, 6.45) is 0. The van der Waals surface area contributed by atoms with Gasteiger partial charge in [0.2, 0.25) is 10.0 Å². The molecule has 0 aliphatic carbocycles. The molecule has 1 aliphatic rings. The number of carbonyl (C=O) groups is 2. The first-order valence-electron chi connectivity index (χ1n) is 12.9. The average molecular weight is 587 g/mol. The second-order valence-electron chi connectivity index (χ2n) is 9.28. The molecule has 0 bridgehead atoms. The Morgan fingerprint density at radius 2 is 1.54 bits per heavy atom. The van der Waals surface area contributed by atoms with Gasteiger partial charge in [0.1, 0.15) is 5.69 Å². The van der Waals surface area contributed by atoms with Crippen molar-refractivity contribution in [1.82, 2.24) is 9.21 Å². The first kappa shape index (κ1) is 29.7. The Bertz CT molecular complexity index is 1600. The van der Waals surface area contributed by atoms with Crippen LogP contribution in [0.2, 0.25) is 0 Å². The van der Waals surface area contributed by atoms with Crippen molar-refractivity contribution in [3.63, 3.8) is 0 Å². The van der Waals surface area contributed by atoms with Crippen molar-refractivity contribution in [3.05, 3.63) is 99.1 Å². The fraction of sp³-hybridized carbons (Fsp3) is 0.286. The molecule has 0 spiro atoms. The topological polar surface area (TPSA) is 121 Å². The van der Waals surface area contributed by atoms with Gasteiger partial charge in [-0.3, -0.25) is 19.7 Å². The second kappa shape index (κ2) is 12.1. The van der Waals surface area contributed by atoms with Crippen LogP contribution < -0.4 is 4.90 Å². The number of nitro groups is 1. The molecule has 0 aromatic heterocycles. The molecule has 3 aromatic rings. The zero-order valence-electron chi connectivity index (χ0n) is 22.4. The van der Waals surface area contributed by atoms with Crippen LogP contribution in [0.25, 0.3) is 0 Å². The summed E-state index contributed by atoms with van der Waals surface area (Å²) >= 11 is 0. The highest BCUT2D eigenvalue weighted by atomic mass is 32.2. The lowest BCUT2D eigenvalue weighted by atomic mass is 9.97. The minimum atomic E-state index is -3.90. The number of halogens is 2. The van der Waals surface area contributed by atoms with Gasteiger partial charge in [-0.25, -0.2) is 17.2 Å². The van der Waals surface area contributed by atoms with Gasteiger partial charge in [0.05, 0.1) is 15.4 Å². The number of hydrogen-bond acceptors (Lipinski definition) is 7. The molecule has 1 heterocycles. The predicted octanol–water partition coefficient (Wildman–Crippen LogP) is 4.10. The third-order valence-corrected chi connectivity index (χ3v) is 9.02. The number of carbonyl (C=O) groups excluding carboxylic acids is 2. The molecule has 0 saturated carbocycles. The van der Waals surface area contributed by atoms with Crippen LogP contribution in [0.15, 0.2) is 65.6 Å². The summed E-state index contributed by atoms with van der Waals surface area (Å²) in [5.41, 5.74) is -0.109. The molecule has 1 aliphatic heterocycles. The Balaban J connectivity index is 1.54. The maximum absolute atomic E-state index is 13.7. The number of piperazine rings is 1. The number of sulfonamides is 1. The summed E-state index contributed by atoms with van der Waals surface area (Å²) in [6.45, 7) is 4.58. The van der Waals surface area contributed by atoms with E-state index < -0.39 is 38.3 Å². The van der Waals surface area contributed by atoms with Gasteiger partial charge in [-0.05, 0) is 36.4 Å². The average Bonchev–Trinajstić information content (AvgIpc) is 2.98. The molecular formula is C28H28F2N4O6S. The fourth-order valence-electron chi connectivity index (χ4n) is 4.77. The number of anilines is 1. The van der Waals surface area contributed by atoms with Gasteiger partial charge in [0, 0.05) is 56.5 Å². The highest BCUT2D eigenvalue weighted by Gasteiger charge is 2.31. The Kier molecular flexibility index (Phi) is 8.78. The van der Waals surface area contributed by atoms with E-state index in [-0.39, 0.29) is 72.2 Å². The van der Waals surface area contributed by atoms with Crippen LogP contribution in [0, 0.1) is 21.7 Å². The standard InChI is InChI=1S/C28H28F2N4O6S/c1-3-33(4-2)41(39,40)20-10-12-25(26(18-20)34(37)38)31-13-15-32(16-14-31)28(36)22-8-6-5-7-21(22)27(35)19-9-11-23(29)24(30)17-19/h5-12,17-18H,3-4,13-16H2,1-2H3. The van der Waals surface area contributed by atoms with Crippen LogP contribution in [0.5, 0.6) is 0 Å². The van der Waals surface area contributed by atoms with E-state index >= 15 is 0 Å². The molecule has 1 saturated heterocycles. The third-order valence-electron chi connectivity index (χ3n) is 6.98. The molecule has 1 fully saturated rings. The lowest BCUT2D eigenvalue weighted by molar-refractivity contribution is -0.384. The number of nitrogens with zero attached hydrogens (tertiary/aromatic N) is 4. The normalized spacial score (nSPS) is 13.9. The number of nitro benzene ring substituents is 1. The highest BCUT2D eigenvalue weighted by molar-refractivity contribution is 7.89. The third kappa shape index (κ3) is 5.95. The van der Waals surface area contributed by atoms with Gasteiger partial charge in [0.15, 0.2) is 17.4 Å². The zero-order valence-corrected chi connectivity index (χ0v) is 23.2. The lowest BCUT2D eigenvalue weighted by Gasteiger charge is -2.36. The van der Waals surface area contributed by atoms with E-state index in [2.05, 4.69) is 0 Å². The van der Waals surface area contributed by atoms with Crippen molar-refractivity contribution in [1.29, 1.82) is 0 Å². The van der Waals surface area contributed by atoms with E-state index in [0.29, 0.717) is 0 Å². The van der Waals surface area contributed by atoms with E-state index in [1.54, 1.807) is 30.9 Å². The summed E-state index contributed by atoms with van der Waals surface area (Å²) in [5.74, 6) is -3.36. The van der Waals surface area contributed by atoms with Crippen molar-refractivity contribution >= 4 is 33.1 Å². The van der Waals surface area contributed by atoms with Crippen LogP contribution >= 0.6 is 0 Å². The second-order valence-corrected chi connectivity index (χ2v) is 11.2. The molecule has 10 nitrogen and oxygen atoms in total. The maximum Gasteiger partial charge on any atom is 0.293 e. The van der Waals surface area contributed by atoms with Crippen LogP contribution in [0.1, 0.15) is 40.1 Å². The Morgan fingerprint density at radius 1 is 0.902 bits per heavy atom. The number of benzene rings is 3. The minimum Gasteiger partial charge on any atom is -0.362 e.